The lowest BCUT2D eigenvalue weighted by atomic mass is 9.88. The average Bonchev–Trinajstić information content (AvgIpc) is 3.50. The Kier molecular flexibility index (Phi) is 6.43. The summed E-state index contributed by atoms with van der Waals surface area (Å²) in [6, 6.07) is -0.435. The molecule has 27 heavy (non-hydrogen) atoms. The van der Waals surface area contributed by atoms with E-state index < -0.39 is 6.04 Å². The third-order valence-electron chi connectivity index (χ3n) is 6.36. The smallest absolute Gasteiger partial charge is 0.245 e. The van der Waals surface area contributed by atoms with E-state index in [-0.39, 0.29) is 41.5 Å². The highest BCUT2D eigenvalue weighted by Gasteiger charge is 2.39. The van der Waals surface area contributed by atoms with E-state index in [9.17, 15) is 14.4 Å². The molecule has 0 bridgehead atoms. The number of carbonyl (C=O) groups is 3. The number of nitrogens with one attached hydrogen (secondary N) is 1. The van der Waals surface area contributed by atoms with Crippen molar-refractivity contribution in [2.75, 3.05) is 19.6 Å². The van der Waals surface area contributed by atoms with Gasteiger partial charge in [0.05, 0.1) is 0 Å². The maximum Gasteiger partial charge on any atom is 0.245 e. The lowest BCUT2D eigenvalue weighted by Gasteiger charge is -2.41. The summed E-state index contributed by atoms with van der Waals surface area (Å²) >= 11 is 0. The summed E-state index contributed by atoms with van der Waals surface area (Å²) < 4.78 is 0. The molecule has 2 saturated carbocycles. The van der Waals surface area contributed by atoms with Crippen LogP contribution < -0.4 is 5.32 Å². The number of nitrogens with zero attached hydrogens (tertiary/aromatic N) is 2. The van der Waals surface area contributed by atoms with Gasteiger partial charge in [0, 0.05) is 37.5 Å². The van der Waals surface area contributed by atoms with Gasteiger partial charge in [-0.2, -0.15) is 0 Å². The Balaban J connectivity index is 1.58. The van der Waals surface area contributed by atoms with Gasteiger partial charge in [-0.1, -0.05) is 33.1 Å². The van der Waals surface area contributed by atoms with Gasteiger partial charge < -0.3 is 15.1 Å². The monoisotopic (exact) mass is 377 g/mol. The Labute approximate surface area is 163 Å². The van der Waals surface area contributed by atoms with Gasteiger partial charge in [-0.15, -0.1) is 0 Å². The molecule has 2 unspecified atom stereocenters. The van der Waals surface area contributed by atoms with E-state index in [1.54, 1.807) is 0 Å². The molecular formula is C21H35N3O3. The van der Waals surface area contributed by atoms with Gasteiger partial charge in [-0.05, 0) is 38.5 Å². The van der Waals surface area contributed by atoms with Crippen LogP contribution in [0.15, 0.2) is 0 Å². The largest absolute Gasteiger partial charge is 0.344 e. The Bertz CT molecular complexity index is 567. The molecule has 152 valence electrons. The molecule has 0 aromatic heterocycles. The fourth-order valence-corrected chi connectivity index (χ4v) is 4.40. The summed E-state index contributed by atoms with van der Waals surface area (Å²) in [5, 5.41) is 3.05. The Morgan fingerprint density at radius 2 is 1.59 bits per heavy atom. The van der Waals surface area contributed by atoms with Crippen molar-refractivity contribution in [2.45, 2.75) is 77.8 Å². The molecule has 1 aliphatic heterocycles. The summed E-state index contributed by atoms with van der Waals surface area (Å²) in [7, 11) is 0. The Morgan fingerprint density at radius 1 is 0.926 bits per heavy atom. The van der Waals surface area contributed by atoms with Gasteiger partial charge in [-0.25, -0.2) is 0 Å². The lowest BCUT2D eigenvalue weighted by Crippen LogP contribution is -2.60. The summed E-state index contributed by atoms with van der Waals surface area (Å²) in [5.41, 5.74) is 0. The third-order valence-corrected chi connectivity index (χ3v) is 6.36. The fraction of sp³-hybridized carbons (Fsp3) is 0.857. The summed E-state index contributed by atoms with van der Waals surface area (Å²) in [6.45, 7) is 7.71. The van der Waals surface area contributed by atoms with E-state index in [0.29, 0.717) is 19.6 Å². The first kappa shape index (κ1) is 20.2. The van der Waals surface area contributed by atoms with Gasteiger partial charge in [0.2, 0.25) is 17.7 Å². The van der Waals surface area contributed by atoms with E-state index in [0.717, 1.165) is 38.5 Å². The fourth-order valence-electron chi connectivity index (χ4n) is 4.40. The van der Waals surface area contributed by atoms with Gasteiger partial charge in [0.15, 0.2) is 0 Å². The zero-order valence-electron chi connectivity index (χ0n) is 17.1. The van der Waals surface area contributed by atoms with Crippen molar-refractivity contribution in [2.24, 2.45) is 17.8 Å². The van der Waals surface area contributed by atoms with E-state index in [4.69, 9.17) is 0 Å². The van der Waals surface area contributed by atoms with E-state index in [1.165, 1.54) is 6.42 Å². The molecule has 3 amide bonds. The molecule has 3 fully saturated rings. The summed E-state index contributed by atoms with van der Waals surface area (Å²) in [6.07, 6.45) is 7.30. The predicted molar refractivity (Wildman–Crippen MR) is 104 cm³/mol. The zero-order chi connectivity index (χ0) is 19.6. The van der Waals surface area contributed by atoms with Gasteiger partial charge in [-0.3, -0.25) is 14.4 Å². The minimum absolute atomic E-state index is 0.000435. The number of rotatable bonds is 5. The van der Waals surface area contributed by atoms with Crippen molar-refractivity contribution in [1.29, 1.82) is 0 Å². The van der Waals surface area contributed by atoms with Crippen LogP contribution in [0.3, 0.4) is 0 Å². The van der Waals surface area contributed by atoms with Crippen LogP contribution in [0.5, 0.6) is 0 Å². The second-order valence-corrected chi connectivity index (χ2v) is 9.00. The molecule has 6 heteroatoms. The second kappa shape index (κ2) is 8.61. The first-order valence-corrected chi connectivity index (χ1v) is 10.8. The normalized spacial score (nSPS) is 25.4. The zero-order valence-corrected chi connectivity index (χ0v) is 17.1. The average molecular weight is 378 g/mol. The van der Waals surface area contributed by atoms with Crippen molar-refractivity contribution in [1.82, 2.24) is 15.1 Å². The van der Waals surface area contributed by atoms with Crippen LogP contribution in [0.4, 0.5) is 0 Å². The van der Waals surface area contributed by atoms with Crippen molar-refractivity contribution in [3.8, 4) is 0 Å². The molecule has 0 radical (unpaired) electrons. The number of piperazine rings is 1. The number of carbonyl (C=O) groups excluding carboxylic acids is 3. The first-order chi connectivity index (χ1) is 12.9. The molecule has 6 nitrogen and oxygen atoms in total. The number of hydrogen-bond acceptors (Lipinski definition) is 3. The van der Waals surface area contributed by atoms with Crippen LogP contribution in [0, 0.1) is 17.8 Å². The number of hydrogen-bond donors (Lipinski definition) is 1. The second-order valence-electron chi connectivity index (χ2n) is 9.00. The quantitative estimate of drug-likeness (QED) is 0.798. The molecule has 0 aromatic carbocycles. The third kappa shape index (κ3) is 4.82. The molecule has 1 saturated heterocycles. The van der Waals surface area contributed by atoms with Crippen molar-refractivity contribution >= 4 is 17.7 Å². The molecule has 0 spiro atoms. The minimum Gasteiger partial charge on any atom is -0.344 e. The van der Waals surface area contributed by atoms with Crippen LogP contribution in [0.25, 0.3) is 0 Å². The molecule has 0 aromatic rings. The Morgan fingerprint density at radius 3 is 2.15 bits per heavy atom. The summed E-state index contributed by atoms with van der Waals surface area (Å²) in [4.78, 5) is 41.9. The van der Waals surface area contributed by atoms with E-state index in [2.05, 4.69) is 5.32 Å². The number of amides is 3. The van der Waals surface area contributed by atoms with Crippen LogP contribution in [-0.2, 0) is 14.4 Å². The molecular weight excluding hydrogens is 342 g/mol. The first-order valence-electron chi connectivity index (χ1n) is 10.8. The molecule has 2 aliphatic carbocycles. The van der Waals surface area contributed by atoms with Crippen LogP contribution >= 0.6 is 0 Å². The standard InChI is InChI=1S/C21H35N3O3/c1-14(2)18(22-19(25)16-7-5-4-6-8-16)21(27)23-11-12-24(15(3)13-23)20(26)17-9-10-17/h14-18H,4-13H2,1-3H3,(H,22,25). The molecule has 3 aliphatic rings. The van der Waals surface area contributed by atoms with E-state index >= 15 is 0 Å². The minimum atomic E-state index is -0.475. The maximum atomic E-state index is 13.1. The molecule has 1 N–H and O–H groups in total. The summed E-state index contributed by atoms with van der Waals surface area (Å²) in [5.74, 6) is 0.608. The SMILES string of the molecule is CC(C)C(NC(=O)C1CCCCC1)C(=O)N1CCN(C(=O)C2CC2)C(C)C1. The van der Waals surface area contributed by atoms with Crippen LogP contribution in [-0.4, -0.2) is 59.2 Å². The van der Waals surface area contributed by atoms with Crippen molar-refractivity contribution < 1.29 is 14.4 Å². The van der Waals surface area contributed by atoms with Crippen LogP contribution in [0.1, 0.15) is 65.7 Å². The highest BCUT2D eigenvalue weighted by molar-refractivity contribution is 5.89. The van der Waals surface area contributed by atoms with Gasteiger partial charge in [0.1, 0.15) is 6.04 Å². The van der Waals surface area contributed by atoms with Gasteiger partial charge >= 0.3 is 0 Å². The molecule has 1 heterocycles. The molecule has 2 atom stereocenters. The topological polar surface area (TPSA) is 69.7 Å². The molecule has 3 rings (SSSR count). The van der Waals surface area contributed by atoms with Crippen LogP contribution in [0.2, 0.25) is 0 Å². The van der Waals surface area contributed by atoms with Crippen molar-refractivity contribution in [3.05, 3.63) is 0 Å². The highest BCUT2D eigenvalue weighted by atomic mass is 16.2. The maximum absolute atomic E-state index is 13.1. The lowest BCUT2D eigenvalue weighted by molar-refractivity contribution is -0.146. The predicted octanol–water partition coefficient (Wildman–Crippen LogP) is 2.18. The van der Waals surface area contributed by atoms with Crippen molar-refractivity contribution in [3.63, 3.8) is 0 Å². The van der Waals surface area contributed by atoms with Gasteiger partial charge in [0.25, 0.3) is 0 Å². The van der Waals surface area contributed by atoms with E-state index in [1.807, 2.05) is 30.6 Å². The highest BCUT2D eigenvalue weighted by Crippen LogP contribution is 2.32. The Hall–Kier alpha value is -1.59.